The molecular weight excluding hydrogens is 220 g/mol. The molecule has 1 aromatic carbocycles. The summed E-state index contributed by atoms with van der Waals surface area (Å²) in [5.74, 6) is 1.98. The highest BCUT2D eigenvalue weighted by molar-refractivity contribution is 7.99. The Labute approximate surface area is 101 Å². The van der Waals surface area contributed by atoms with Crippen molar-refractivity contribution in [3.05, 3.63) is 18.2 Å². The fourth-order valence-electron chi connectivity index (χ4n) is 1.89. The maximum Gasteiger partial charge on any atom is 0.134 e. The zero-order chi connectivity index (χ0) is 11.4. The van der Waals surface area contributed by atoms with E-state index in [1.54, 1.807) is 7.11 Å². The van der Waals surface area contributed by atoms with Crippen LogP contribution >= 0.6 is 11.8 Å². The Morgan fingerprint density at radius 3 is 3.12 bits per heavy atom. The first-order chi connectivity index (χ1) is 7.79. The molecule has 3 nitrogen and oxygen atoms in total. The lowest BCUT2D eigenvalue weighted by Crippen LogP contribution is -2.23. The third-order valence-corrected chi connectivity index (χ3v) is 4.01. The van der Waals surface area contributed by atoms with Crippen LogP contribution in [0.25, 0.3) is 0 Å². The number of methoxy groups -OCH3 is 1. The first kappa shape index (κ1) is 11.6. The summed E-state index contributed by atoms with van der Waals surface area (Å²) in [6.45, 7) is 1.16. The van der Waals surface area contributed by atoms with E-state index in [1.807, 2.05) is 30.0 Å². The minimum absolute atomic E-state index is 0.646. The van der Waals surface area contributed by atoms with E-state index in [0.717, 1.165) is 23.7 Å². The van der Waals surface area contributed by atoms with E-state index >= 15 is 0 Å². The first-order valence-electron chi connectivity index (χ1n) is 5.59. The molecule has 0 saturated carbocycles. The van der Waals surface area contributed by atoms with Crippen molar-refractivity contribution in [2.45, 2.75) is 23.8 Å². The molecule has 0 amide bonds. The molecule has 0 radical (unpaired) electrons. The zero-order valence-electron chi connectivity index (χ0n) is 9.53. The molecule has 4 heteroatoms. The smallest absolute Gasteiger partial charge is 0.134 e. The molecular formula is C12H18N2OS. The minimum Gasteiger partial charge on any atom is -0.496 e. The maximum absolute atomic E-state index is 5.72. The highest BCUT2D eigenvalue weighted by Crippen LogP contribution is 2.32. The normalized spacial score (nSPS) is 19.9. The first-order valence-corrected chi connectivity index (χ1v) is 6.58. The third kappa shape index (κ3) is 2.83. The lowest BCUT2D eigenvalue weighted by Gasteiger charge is -2.12. The van der Waals surface area contributed by atoms with Crippen LogP contribution in [0.4, 0.5) is 5.69 Å². The maximum atomic E-state index is 5.72. The van der Waals surface area contributed by atoms with Crippen LogP contribution in [0.1, 0.15) is 12.8 Å². The third-order valence-electron chi connectivity index (χ3n) is 2.79. The number of hydrogen-bond donors (Lipinski definition) is 2. The van der Waals surface area contributed by atoms with Crippen molar-refractivity contribution < 1.29 is 4.74 Å². The van der Waals surface area contributed by atoms with E-state index in [4.69, 9.17) is 10.5 Å². The molecule has 2 rings (SSSR count). The van der Waals surface area contributed by atoms with E-state index < -0.39 is 0 Å². The van der Waals surface area contributed by atoms with E-state index in [0.29, 0.717) is 6.04 Å². The fraction of sp³-hybridized carbons (Fsp3) is 0.500. The van der Waals surface area contributed by atoms with Crippen molar-refractivity contribution in [3.63, 3.8) is 0 Å². The topological polar surface area (TPSA) is 47.3 Å². The van der Waals surface area contributed by atoms with Crippen molar-refractivity contribution in [2.75, 3.05) is 25.1 Å². The second-order valence-electron chi connectivity index (χ2n) is 4.01. The van der Waals surface area contributed by atoms with Gasteiger partial charge in [-0.15, -0.1) is 11.8 Å². The van der Waals surface area contributed by atoms with Gasteiger partial charge in [0.25, 0.3) is 0 Å². The van der Waals surface area contributed by atoms with Crippen LogP contribution in [-0.4, -0.2) is 25.4 Å². The molecule has 1 aliphatic heterocycles. The van der Waals surface area contributed by atoms with Crippen molar-refractivity contribution >= 4 is 17.4 Å². The molecule has 0 bridgehead atoms. The fourth-order valence-corrected chi connectivity index (χ4v) is 3.01. The molecule has 1 saturated heterocycles. The van der Waals surface area contributed by atoms with Gasteiger partial charge >= 0.3 is 0 Å². The number of nitrogens with one attached hydrogen (secondary N) is 1. The number of ether oxygens (including phenoxy) is 1. The van der Waals surface area contributed by atoms with Crippen LogP contribution in [0, 0.1) is 0 Å². The molecule has 0 aromatic heterocycles. The second-order valence-corrected chi connectivity index (χ2v) is 5.08. The monoisotopic (exact) mass is 238 g/mol. The quantitative estimate of drug-likeness (QED) is 0.623. The standard InChI is InChI=1S/C12H18N2OS/c1-15-11-7-9(13)4-5-12(11)16-8-10-3-2-6-14-10/h4-5,7,10,14H,2-3,6,8,13H2,1H3/t10-/m1/s1. The van der Waals surface area contributed by atoms with Crippen molar-refractivity contribution in [3.8, 4) is 5.75 Å². The number of hydrogen-bond acceptors (Lipinski definition) is 4. The lowest BCUT2D eigenvalue weighted by molar-refractivity contribution is 0.405. The highest BCUT2D eigenvalue weighted by atomic mass is 32.2. The molecule has 1 fully saturated rings. The summed E-state index contributed by atoms with van der Waals surface area (Å²) in [6, 6.07) is 6.48. The van der Waals surface area contributed by atoms with Gasteiger partial charge in [-0.25, -0.2) is 0 Å². The summed E-state index contributed by atoms with van der Waals surface area (Å²) in [5, 5.41) is 3.49. The lowest BCUT2D eigenvalue weighted by atomic mass is 10.3. The number of nitrogen functional groups attached to an aromatic ring is 1. The van der Waals surface area contributed by atoms with E-state index in [1.165, 1.54) is 17.7 Å². The predicted molar refractivity (Wildman–Crippen MR) is 69.2 cm³/mol. The molecule has 3 N–H and O–H groups in total. The Bertz CT molecular complexity index is 351. The van der Waals surface area contributed by atoms with E-state index in [2.05, 4.69) is 5.32 Å². The Kier molecular flexibility index (Phi) is 3.96. The summed E-state index contributed by atoms with van der Waals surface area (Å²) in [4.78, 5) is 1.17. The number of thioether (sulfide) groups is 1. The summed E-state index contributed by atoms with van der Waals surface area (Å²) >= 11 is 1.83. The van der Waals surface area contributed by atoms with Gasteiger partial charge in [-0.1, -0.05) is 0 Å². The van der Waals surface area contributed by atoms with Gasteiger partial charge in [0.15, 0.2) is 0 Å². The number of anilines is 1. The van der Waals surface area contributed by atoms with Gasteiger partial charge in [0.1, 0.15) is 5.75 Å². The summed E-state index contributed by atoms with van der Waals surface area (Å²) < 4.78 is 5.32. The highest BCUT2D eigenvalue weighted by Gasteiger charge is 2.15. The Balaban J connectivity index is 1.97. The molecule has 88 valence electrons. The SMILES string of the molecule is COc1cc(N)ccc1SC[C@H]1CCCN1. The van der Waals surface area contributed by atoms with Crippen molar-refractivity contribution in [1.82, 2.24) is 5.32 Å². The van der Waals surface area contributed by atoms with Crippen LogP contribution in [-0.2, 0) is 0 Å². The number of benzene rings is 1. The van der Waals surface area contributed by atoms with Gasteiger partial charge in [0.2, 0.25) is 0 Å². The molecule has 0 spiro atoms. The van der Waals surface area contributed by atoms with Crippen LogP contribution < -0.4 is 15.8 Å². The molecule has 0 aliphatic carbocycles. The van der Waals surface area contributed by atoms with Crippen LogP contribution in [0.3, 0.4) is 0 Å². The summed E-state index contributed by atoms with van der Waals surface area (Å²) in [5.41, 5.74) is 6.47. The summed E-state index contributed by atoms with van der Waals surface area (Å²) in [7, 11) is 1.69. The minimum atomic E-state index is 0.646. The van der Waals surface area contributed by atoms with Gasteiger partial charge in [-0.2, -0.15) is 0 Å². The average molecular weight is 238 g/mol. The number of rotatable bonds is 4. The van der Waals surface area contributed by atoms with Gasteiger partial charge in [0, 0.05) is 28.4 Å². The molecule has 1 atom stereocenters. The molecule has 1 heterocycles. The van der Waals surface area contributed by atoms with Crippen molar-refractivity contribution in [1.29, 1.82) is 0 Å². The Morgan fingerprint density at radius 2 is 2.44 bits per heavy atom. The Morgan fingerprint density at radius 1 is 1.56 bits per heavy atom. The average Bonchev–Trinajstić information content (AvgIpc) is 2.80. The largest absolute Gasteiger partial charge is 0.496 e. The Hall–Kier alpha value is -0.870. The molecule has 1 aromatic rings. The van der Waals surface area contributed by atoms with E-state index in [-0.39, 0.29) is 0 Å². The van der Waals surface area contributed by atoms with Gasteiger partial charge in [-0.05, 0) is 31.5 Å². The van der Waals surface area contributed by atoms with Crippen LogP contribution in [0.2, 0.25) is 0 Å². The van der Waals surface area contributed by atoms with Crippen LogP contribution in [0.5, 0.6) is 5.75 Å². The second kappa shape index (κ2) is 5.46. The van der Waals surface area contributed by atoms with E-state index in [9.17, 15) is 0 Å². The number of nitrogens with two attached hydrogens (primary N) is 1. The molecule has 1 aliphatic rings. The van der Waals surface area contributed by atoms with Crippen LogP contribution in [0.15, 0.2) is 23.1 Å². The van der Waals surface area contributed by atoms with Gasteiger partial charge in [0.05, 0.1) is 7.11 Å². The summed E-state index contributed by atoms with van der Waals surface area (Å²) in [6.07, 6.45) is 2.58. The molecule has 0 unspecified atom stereocenters. The zero-order valence-corrected chi connectivity index (χ0v) is 10.3. The molecule has 16 heavy (non-hydrogen) atoms. The van der Waals surface area contributed by atoms with Gasteiger partial charge < -0.3 is 15.8 Å². The van der Waals surface area contributed by atoms with Gasteiger partial charge in [-0.3, -0.25) is 0 Å². The van der Waals surface area contributed by atoms with Crippen molar-refractivity contribution in [2.24, 2.45) is 0 Å². The predicted octanol–water partition coefficient (Wildman–Crippen LogP) is 2.12.